The Kier molecular flexibility index (Phi) is 3.39. The summed E-state index contributed by atoms with van der Waals surface area (Å²) in [6.45, 7) is 4.42. The molecule has 3 rings (SSSR count). The van der Waals surface area contributed by atoms with Crippen molar-refractivity contribution in [3.63, 3.8) is 0 Å². The summed E-state index contributed by atoms with van der Waals surface area (Å²) in [7, 11) is 0. The van der Waals surface area contributed by atoms with Gasteiger partial charge in [0.15, 0.2) is 5.58 Å². The van der Waals surface area contributed by atoms with Crippen LogP contribution >= 0.6 is 0 Å². The number of aryl methyl sites for hydroxylation is 2. The molecule has 0 radical (unpaired) electrons. The van der Waals surface area contributed by atoms with Gasteiger partial charge in [-0.3, -0.25) is 4.57 Å². The second-order valence-electron chi connectivity index (χ2n) is 5.10. The Morgan fingerprint density at radius 1 is 1.24 bits per heavy atom. The van der Waals surface area contributed by atoms with Gasteiger partial charge < -0.3 is 9.52 Å². The van der Waals surface area contributed by atoms with Crippen molar-refractivity contribution in [3.05, 3.63) is 69.7 Å². The zero-order valence-corrected chi connectivity index (χ0v) is 12.0. The fourth-order valence-electron chi connectivity index (χ4n) is 2.63. The predicted molar refractivity (Wildman–Crippen MR) is 81.4 cm³/mol. The van der Waals surface area contributed by atoms with Crippen molar-refractivity contribution in [3.8, 4) is 0 Å². The highest BCUT2D eigenvalue weighted by molar-refractivity contribution is 5.74. The molecule has 0 fully saturated rings. The van der Waals surface area contributed by atoms with Crippen LogP contribution in [0.25, 0.3) is 11.1 Å². The Morgan fingerprint density at radius 3 is 2.71 bits per heavy atom. The molecular formula is C17H17NO3. The molecule has 2 aromatic carbocycles. The van der Waals surface area contributed by atoms with E-state index in [9.17, 15) is 9.90 Å². The summed E-state index contributed by atoms with van der Waals surface area (Å²) < 4.78 is 6.81. The van der Waals surface area contributed by atoms with Crippen molar-refractivity contribution in [2.45, 2.75) is 26.5 Å². The van der Waals surface area contributed by atoms with E-state index >= 15 is 0 Å². The fraction of sp³-hybridized carbons (Fsp3) is 0.235. The van der Waals surface area contributed by atoms with E-state index < -0.39 is 6.10 Å². The summed E-state index contributed by atoms with van der Waals surface area (Å²) in [6, 6.07) is 13.1. The highest BCUT2D eigenvalue weighted by atomic mass is 16.4. The first kappa shape index (κ1) is 13.6. The third-order valence-corrected chi connectivity index (χ3v) is 3.81. The number of nitrogens with zero attached hydrogens (tertiary/aromatic N) is 1. The first-order chi connectivity index (χ1) is 10.1. The lowest BCUT2D eigenvalue weighted by atomic mass is 9.97. The van der Waals surface area contributed by atoms with E-state index in [1.165, 1.54) is 0 Å². The predicted octanol–water partition coefficient (Wildman–Crippen LogP) is 3.00. The van der Waals surface area contributed by atoms with Crippen LogP contribution in [0.4, 0.5) is 0 Å². The van der Waals surface area contributed by atoms with E-state index in [-0.39, 0.29) is 5.76 Å². The molecule has 1 unspecified atom stereocenters. The molecule has 4 heteroatoms. The zero-order chi connectivity index (χ0) is 15.0. The summed E-state index contributed by atoms with van der Waals surface area (Å²) in [4.78, 5) is 11.7. The molecule has 0 amide bonds. The highest BCUT2D eigenvalue weighted by Crippen LogP contribution is 2.27. The van der Waals surface area contributed by atoms with E-state index in [0.717, 1.165) is 16.6 Å². The van der Waals surface area contributed by atoms with Crippen molar-refractivity contribution >= 4 is 11.1 Å². The number of aliphatic hydroxyl groups excluding tert-OH is 1. The number of benzene rings is 2. The average molecular weight is 283 g/mol. The standard InChI is InChI=1S/C17H17NO3/c1-3-18-14-9-8-12(10-15(14)21-17(18)20)16(19)13-7-5-4-6-11(13)2/h4-10,16,19H,3H2,1-2H3. The second-order valence-corrected chi connectivity index (χ2v) is 5.10. The van der Waals surface area contributed by atoms with Gasteiger partial charge in [0.1, 0.15) is 6.10 Å². The third-order valence-electron chi connectivity index (χ3n) is 3.81. The summed E-state index contributed by atoms with van der Waals surface area (Å²) >= 11 is 0. The molecule has 0 aliphatic heterocycles. The fourth-order valence-corrected chi connectivity index (χ4v) is 2.63. The minimum atomic E-state index is -0.731. The van der Waals surface area contributed by atoms with Crippen molar-refractivity contribution in [1.82, 2.24) is 4.57 Å². The minimum absolute atomic E-state index is 0.366. The van der Waals surface area contributed by atoms with Crippen LogP contribution in [0.2, 0.25) is 0 Å². The van der Waals surface area contributed by atoms with Gasteiger partial charge in [0.05, 0.1) is 5.52 Å². The molecule has 1 N–H and O–H groups in total. The second kappa shape index (κ2) is 5.22. The Hall–Kier alpha value is -2.33. The van der Waals surface area contributed by atoms with Crippen LogP contribution in [0, 0.1) is 6.92 Å². The highest BCUT2D eigenvalue weighted by Gasteiger charge is 2.15. The molecule has 1 atom stereocenters. The molecule has 108 valence electrons. The van der Waals surface area contributed by atoms with Crippen LogP contribution in [-0.2, 0) is 6.54 Å². The van der Waals surface area contributed by atoms with Gasteiger partial charge in [-0.1, -0.05) is 30.3 Å². The Balaban J connectivity index is 2.09. The van der Waals surface area contributed by atoms with Crippen LogP contribution in [0.15, 0.2) is 51.7 Å². The molecule has 1 heterocycles. The van der Waals surface area contributed by atoms with Crippen LogP contribution in [0.5, 0.6) is 0 Å². The molecule has 1 aromatic heterocycles. The smallest absolute Gasteiger partial charge is 0.408 e. The first-order valence-corrected chi connectivity index (χ1v) is 6.98. The molecule has 0 saturated carbocycles. The van der Waals surface area contributed by atoms with Gasteiger partial charge >= 0.3 is 5.76 Å². The van der Waals surface area contributed by atoms with Gasteiger partial charge in [-0.25, -0.2) is 4.79 Å². The molecule has 21 heavy (non-hydrogen) atoms. The van der Waals surface area contributed by atoms with Gasteiger partial charge in [-0.05, 0) is 42.7 Å². The summed E-state index contributed by atoms with van der Waals surface area (Å²) in [6.07, 6.45) is -0.731. The number of oxazole rings is 1. The van der Waals surface area contributed by atoms with E-state index in [4.69, 9.17) is 4.42 Å². The normalized spacial score (nSPS) is 12.7. The van der Waals surface area contributed by atoms with Crippen molar-refractivity contribution < 1.29 is 9.52 Å². The SMILES string of the molecule is CCn1c(=O)oc2cc(C(O)c3ccccc3C)ccc21. The van der Waals surface area contributed by atoms with Crippen LogP contribution in [0.3, 0.4) is 0 Å². The Labute approximate surface area is 122 Å². The maximum atomic E-state index is 11.7. The quantitative estimate of drug-likeness (QED) is 0.804. The number of fused-ring (bicyclic) bond motifs is 1. The Bertz CT molecular complexity index is 845. The molecular weight excluding hydrogens is 266 g/mol. The zero-order valence-electron chi connectivity index (χ0n) is 12.0. The van der Waals surface area contributed by atoms with E-state index in [1.807, 2.05) is 50.2 Å². The first-order valence-electron chi connectivity index (χ1n) is 6.98. The third kappa shape index (κ3) is 2.28. The molecule has 4 nitrogen and oxygen atoms in total. The van der Waals surface area contributed by atoms with Crippen molar-refractivity contribution in [2.24, 2.45) is 0 Å². The number of hydrogen-bond donors (Lipinski definition) is 1. The van der Waals surface area contributed by atoms with Gasteiger partial charge in [0, 0.05) is 6.54 Å². The maximum absolute atomic E-state index is 11.7. The number of rotatable bonds is 3. The van der Waals surface area contributed by atoms with Crippen LogP contribution < -0.4 is 5.76 Å². The van der Waals surface area contributed by atoms with Crippen molar-refractivity contribution in [2.75, 3.05) is 0 Å². The van der Waals surface area contributed by atoms with E-state index in [2.05, 4.69) is 0 Å². The molecule has 0 spiro atoms. The summed E-state index contributed by atoms with van der Waals surface area (Å²) in [5.41, 5.74) is 3.86. The lowest BCUT2D eigenvalue weighted by molar-refractivity contribution is 0.219. The van der Waals surface area contributed by atoms with E-state index in [1.54, 1.807) is 10.6 Å². The van der Waals surface area contributed by atoms with Crippen molar-refractivity contribution in [1.29, 1.82) is 0 Å². The maximum Gasteiger partial charge on any atom is 0.419 e. The minimum Gasteiger partial charge on any atom is -0.408 e. The summed E-state index contributed by atoms with van der Waals surface area (Å²) in [5, 5.41) is 10.5. The van der Waals surface area contributed by atoms with E-state index in [0.29, 0.717) is 17.7 Å². The molecule has 0 saturated heterocycles. The van der Waals surface area contributed by atoms with Gasteiger partial charge in [-0.15, -0.1) is 0 Å². The summed E-state index contributed by atoms with van der Waals surface area (Å²) in [5.74, 6) is -0.366. The molecule has 0 aliphatic rings. The average Bonchev–Trinajstić information content (AvgIpc) is 2.81. The molecule has 0 bridgehead atoms. The largest absolute Gasteiger partial charge is 0.419 e. The van der Waals surface area contributed by atoms with Crippen LogP contribution in [0.1, 0.15) is 29.7 Å². The van der Waals surface area contributed by atoms with Gasteiger partial charge in [-0.2, -0.15) is 0 Å². The topological polar surface area (TPSA) is 55.4 Å². The Morgan fingerprint density at radius 2 is 2.00 bits per heavy atom. The monoisotopic (exact) mass is 283 g/mol. The number of aliphatic hydroxyl groups is 1. The molecule has 0 aliphatic carbocycles. The number of hydrogen-bond acceptors (Lipinski definition) is 3. The van der Waals surface area contributed by atoms with Crippen LogP contribution in [-0.4, -0.2) is 9.67 Å². The lowest BCUT2D eigenvalue weighted by Crippen LogP contribution is -2.11. The van der Waals surface area contributed by atoms with Gasteiger partial charge in [0.2, 0.25) is 0 Å². The lowest BCUT2D eigenvalue weighted by Gasteiger charge is -2.14. The molecule has 3 aromatic rings. The number of aromatic nitrogens is 1. The van der Waals surface area contributed by atoms with Gasteiger partial charge in [0.25, 0.3) is 0 Å².